The van der Waals surface area contributed by atoms with Gasteiger partial charge < -0.3 is 14.2 Å². The Morgan fingerprint density at radius 3 is 0.705 bits per heavy atom. The van der Waals surface area contributed by atoms with Crippen LogP contribution in [0.1, 0.15) is 298 Å². The van der Waals surface area contributed by atoms with Crippen molar-refractivity contribution in [1.82, 2.24) is 0 Å². The number of unbranched alkanes of at least 4 members (excludes halogenated alkanes) is 31. The molecule has 0 aliphatic heterocycles. The first kappa shape index (κ1) is 59.4. The standard InChI is InChI=1S/C55H106O6/c1-49(2)41-35-29-23-18-14-10-8-7-9-11-17-21-27-34-40-46-55(58)61-52(48-60-54(57)45-39-33-28-22-25-31-37-43-51(5)6)47-59-53(56)44-38-32-26-20-16-13-12-15-19-24-30-36-42-50(3)4/h49-52H,7-48H2,1-6H3/t52-/m0/s1. The number of ether oxygens (including phenoxy) is 3. The van der Waals surface area contributed by atoms with Gasteiger partial charge in [0.2, 0.25) is 0 Å². The van der Waals surface area contributed by atoms with Gasteiger partial charge in [0.25, 0.3) is 0 Å². The summed E-state index contributed by atoms with van der Waals surface area (Å²) in [4.78, 5) is 38.0. The van der Waals surface area contributed by atoms with Crippen LogP contribution in [0.15, 0.2) is 0 Å². The van der Waals surface area contributed by atoms with E-state index in [1.165, 1.54) is 180 Å². The van der Waals surface area contributed by atoms with Gasteiger partial charge in [-0.05, 0) is 37.0 Å². The second-order valence-electron chi connectivity index (χ2n) is 20.3. The lowest BCUT2D eigenvalue weighted by Crippen LogP contribution is -2.30. The average Bonchev–Trinajstić information content (AvgIpc) is 3.22. The van der Waals surface area contributed by atoms with E-state index in [4.69, 9.17) is 14.2 Å². The zero-order chi connectivity index (χ0) is 44.9. The minimum Gasteiger partial charge on any atom is -0.462 e. The third-order valence-electron chi connectivity index (χ3n) is 12.4. The summed E-state index contributed by atoms with van der Waals surface area (Å²) in [6, 6.07) is 0. The van der Waals surface area contributed by atoms with Crippen LogP contribution in [0.3, 0.4) is 0 Å². The molecule has 0 heterocycles. The molecule has 61 heavy (non-hydrogen) atoms. The highest BCUT2D eigenvalue weighted by Crippen LogP contribution is 2.18. The summed E-state index contributed by atoms with van der Waals surface area (Å²) < 4.78 is 16.8. The van der Waals surface area contributed by atoms with Gasteiger partial charge in [-0.15, -0.1) is 0 Å². The molecule has 0 saturated carbocycles. The zero-order valence-corrected chi connectivity index (χ0v) is 42.0. The predicted octanol–water partition coefficient (Wildman–Crippen LogP) is 17.6. The van der Waals surface area contributed by atoms with E-state index in [2.05, 4.69) is 41.5 Å². The van der Waals surface area contributed by atoms with E-state index >= 15 is 0 Å². The van der Waals surface area contributed by atoms with Crippen molar-refractivity contribution >= 4 is 17.9 Å². The minimum atomic E-state index is -0.763. The first-order chi connectivity index (χ1) is 29.6. The van der Waals surface area contributed by atoms with Crippen LogP contribution >= 0.6 is 0 Å². The first-order valence-electron chi connectivity index (χ1n) is 27.1. The molecule has 6 heteroatoms. The summed E-state index contributed by atoms with van der Waals surface area (Å²) >= 11 is 0. The third kappa shape index (κ3) is 49.3. The van der Waals surface area contributed by atoms with Crippen molar-refractivity contribution in [2.24, 2.45) is 17.8 Å². The van der Waals surface area contributed by atoms with E-state index in [0.29, 0.717) is 19.3 Å². The maximum absolute atomic E-state index is 12.8. The molecule has 0 radical (unpaired) electrons. The minimum absolute atomic E-state index is 0.0647. The molecule has 0 amide bonds. The van der Waals surface area contributed by atoms with Gasteiger partial charge in [-0.25, -0.2) is 0 Å². The molecule has 0 spiro atoms. The normalized spacial score (nSPS) is 12.1. The summed E-state index contributed by atoms with van der Waals surface area (Å²) in [6.07, 6.45) is 46.7. The van der Waals surface area contributed by atoms with Crippen LogP contribution in [-0.2, 0) is 28.6 Å². The van der Waals surface area contributed by atoms with E-state index in [1.54, 1.807) is 0 Å². The van der Waals surface area contributed by atoms with Crippen LogP contribution < -0.4 is 0 Å². The maximum atomic E-state index is 12.8. The van der Waals surface area contributed by atoms with Gasteiger partial charge in [0.05, 0.1) is 0 Å². The van der Waals surface area contributed by atoms with Crippen molar-refractivity contribution in [3.63, 3.8) is 0 Å². The third-order valence-corrected chi connectivity index (χ3v) is 12.4. The summed E-state index contributed by atoms with van der Waals surface area (Å²) in [5, 5.41) is 0. The molecule has 0 aromatic heterocycles. The monoisotopic (exact) mass is 863 g/mol. The maximum Gasteiger partial charge on any atom is 0.306 e. The molecule has 362 valence electrons. The second kappa shape index (κ2) is 46.4. The van der Waals surface area contributed by atoms with Crippen molar-refractivity contribution in [2.75, 3.05) is 13.2 Å². The van der Waals surface area contributed by atoms with Gasteiger partial charge in [0.1, 0.15) is 13.2 Å². The van der Waals surface area contributed by atoms with Crippen molar-refractivity contribution in [3.8, 4) is 0 Å². The molecular formula is C55H106O6. The summed E-state index contributed by atoms with van der Waals surface area (Å²) in [5.41, 5.74) is 0. The smallest absolute Gasteiger partial charge is 0.306 e. The quantitative estimate of drug-likeness (QED) is 0.0344. The van der Waals surface area contributed by atoms with Gasteiger partial charge in [0.15, 0.2) is 6.10 Å². The van der Waals surface area contributed by atoms with Crippen LogP contribution in [-0.4, -0.2) is 37.2 Å². The molecule has 1 atom stereocenters. The number of esters is 3. The number of hydrogen-bond acceptors (Lipinski definition) is 6. The Morgan fingerprint density at radius 1 is 0.279 bits per heavy atom. The van der Waals surface area contributed by atoms with Gasteiger partial charge >= 0.3 is 17.9 Å². The molecule has 0 rings (SSSR count). The molecule has 6 nitrogen and oxygen atoms in total. The van der Waals surface area contributed by atoms with E-state index in [0.717, 1.165) is 75.5 Å². The Hall–Kier alpha value is -1.59. The molecule has 0 saturated heterocycles. The van der Waals surface area contributed by atoms with E-state index in [9.17, 15) is 14.4 Å². The summed E-state index contributed by atoms with van der Waals surface area (Å²) in [7, 11) is 0. The van der Waals surface area contributed by atoms with Crippen LogP contribution in [0, 0.1) is 17.8 Å². The molecule has 0 unspecified atom stereocenters. The highest BCUT2D eigenvalue weighted by atomic mass is 16.6. The Morgan fingerprint density at radius 2 is 0.475 bits per heavy atom. The van der Waals surface area contributed by atoms with Crippen LogP contribution in [0.4, 0.5) is 0 Å². The van der Waals surface area contributed by atoms with E-state index in [1.807, 2.05) is 0 Å². The Balaban J connectivity index is 4.27. The molecule has 0 bridgehead atoms. The van der Waals surface area contributed by atoms with Gasteiger partial charge in [-0.3, -0.25) is 14.4 Å². The lowest BCUT2D eigenvalue weighted by Gasteiger charge is -2.18. The molecule has 0 aromatic carbocycles. The average molecular weight is 863 g/mol. The first-order valence-corrected chi connectivity index (χ1v) is 27.1. The Bertz CT molecular complexity index is 945. The fourth-order valence-corrected chi connectivity index (χ4v) is 8.29. The lowest BCUT2D eigenvalue weighted by molar-refractivity contribution is -0.167. The SMILES string of the molecule is CC(C)CCCCCCCCCCCCCCCCCC(=O)O[C@@H](COC(=O)CCCCCCCCCCCCCCC(C)C)COC(=O)CCCCCCCCCC(C)C. The van der Waals surface area contributed by atoms with Crippen molar-refractivity contribution in [3.05, 3.63) is 0 Å². The number of carbonyl (C=O) groups excluding carboxylic acids is 3. The molecule has 0 aliphatic carbocycles. The molecule has 0 fully saturated rings. The van der Waals surface area contributed by atoms with Crippen molar-refractivity contribution in [2.45, 2.75) is 304 Å². The number of hydrogen-bond donors (Lipinski definition) is 0. The highest BCUT2D eigenvalue weighted by Gasteiger charge is 2.19. The highest BCUT2D eigenvalue weighted by molar-refractivity contribution is 5.71. The fraction of sp³-hybridized carbons (Fsp3) is 0.945. The molecule has 0 N–H and O–H groups in total. The summed E-state index contributed by atoms with van der Waals surface area (Å²) in [6.45, 7) is 13.7. The molecule has 0 aromatic rings. The lowest BCUT2D eigenvalue weighted by atomic mass is 10.0. The van der Waals surface area contributed by atoms with Crippen LogP contribution in [0.2, 0.25) is 0 Å². The van der Waals surface area contributed by atoms with Crippen LogP contribution in [0.25, 0.3) is 0 Å². The predicted molar refractivity (Wildman–Crippen MR) is 261 cm³/mol. The summed E-state index contributed by atoms with van der Waals surface area (Å²) in [5.74, 6) is 1.61. The van der Waals surface area contributed by atoms with Crippen molar-refractivity contribution < 1.29 is 28.6 Å². The van der Waals surface area contributed by atoms with Gasteiger partial charge in [-0.1, -0.05) is 260 Å². The molecular weight excluding hydrogens is 757 g/mol. The van der Waals surface area contributed by atoms with Crippen LogP contribution in [0.5, 0.6) is 0 Å². The topological polar surface area (TPSA) is 78.9 Å². The number of rotatable bonds is 48. The second-order valence-corrected chi connectivity index (χ2v) is 20.3. The largest absolute Gasteiger partial charge is 0.462 e. The zero-order valence-electron chi connectivity index (χ0n) is 42.0. The fourth-order valence-electron chi connectivity index (χ4n) is 8.29. The Labute approximate surface area is 380 Å². The Kier molecular flexibility index (Phi) is 45.2. The molecule has 0 aliphatic rings. The van der Waals surface area contributed by atoms with E-state index < -0.39 is 6.10 Å². The number of carbonyl (C=O) groups is 3. The van der Waals surface area contributed by atoms with Gasteiger partial charge in [-0.2, -0.15) is 0 Å². The van der Waals surface area contributed by atoms with E-state index in [-0.39, 0.29) is 31.1 Å². The van der Waals surface area contributed by atoms with Crippen molar-refractivity contribution in [1.29, 1.82) is 0 Å². The van der Waals surface area contributed by atoms with Gasteiger partial charge in [0, 0.05) is 19.3 Å².